The van der Waals surface area contributed by atoms with Crippen LogP contribution in [0.5, 0.6) is 5.75 Å². The molecule has 0 aliphatic carbocycles. The molecule has 1 unspecified atom stereocenters. The van der Waals surface area contributed by atoms with Gasteiger partial charge in [0.1, 0.15) is 12.4 Å². The van der Waals surface area contributed by atoms with Gasteiger partial charge >= 0.3 is 5.97 Å². The third-order valence-electron chi connectivity index (χ3n) is 4.72. The Labute approximate surface area is 166 Å². The van der Waals surface area contributed by atoms with Crippen LogP contribution < -0.4 is 4.74 Å². The van der Waals surface area contributed by atoms with Crippen LogP contribution >= 0.6 is 0 Å². The standard InChI is InChI=1S/C25H26O3/c1-3-27-25(26)24(17-20-10-6-4-7-11-20)23-15-14-22(16-19(23)2)28-18-21-12-8-5-9-13-21/h4-16,24H,3,17-18H2,1-2H3. The average Bonchev–Trinajstić information content (AvgIpc) is 2.73. The van der Waals surface area contributed by atoms with Gasteiger partial charge in [-0.25, -0.2) is 0 Å². The summed E-state index contributed by atoms with van der Waals surface area (Å²) in [5, 5.41) is 0. The maximum absolute atomic E-state index is 12.6. The van der Waals surface area contributed by atoms with Crippen LogP contribution in [-0.2, 0) is 22.6 Å². The summed E-state index contributed by atoms with van der Waals surface area (Å²) in [6.45, 7) is 4.75. The van der Waals surface area contributed by atoms with Crippen molar-refractivity contribution in [3.05, 3.63) is 101 Å². The fourth-order valence-corrected chi connectivity index (χ4v) is 3.28. The Bertz CT molecular complexity index is 888. The summed E-state index contributed by atoms with van der Waals surface area (Å²) in [5.74, 6) is 0.283. The SMILES string of the molecule is CCOC(=O)C(Cc1ccccc1)c1ccc(OCc2ccccc2)cc1C. The third kappa shape index (κ3) is 5.23. The lowest BCUT2D eigenvalue weighted by atomic mass is 9.89. The lowest BCUT2D eigenvalue weighted by Crippen LogP contribution is -2.19. The van der Waals surface area contributed by atoms with Crippen molar-refractivity contribution in [1.82, 2.24) is 0 Å². The molecule has 1 atom stereocenters. The highest BCUT2D eigenvalue weighted by atomic mass is 16.5. The number of carbonyl (C=O) groups is 1. The van der Waals surface area contributed by atoms with Gasteiger partial charge in [0.25, 0.3) is 0 Å². The maximum atomic E-state index is 12.6. The smallest absolute Gasteiger partial charge is 0.313 e. The number of hydrogen-bond donors (Lipinski definition) is 0. The van der Waals surface area contributed by atoms with Crippen LogP contribution in [0, 0.1) is 6.92 Å². The lowest BCUT2D eigenvalue weighted by molar-refractivity contribution is -0.145. The number of rotatable bonds is 8. The Kier molecular flexibility index (Phi) is 6.85. The monoisotopic (exact) mass is 374 g/mol. The van der Waals surface area contributed by atoms with E-state index in [0.717, 1.165) is 28.0 Å². The van der Waals surface area contributed by atoms with Gasteiger partial charge in [-0.05, 0) is 54.7 Å². The summed E-state index contributed by atoms with van der Waals surface area (Å²) in [6.07, 6.45) is 0.616. The second-order valence-corrected chi connectivity index (χ2v) is 6.79. The molecule has 3 aromatic rings. The molecule has 144 valence electrons. The van der Waals surface area contributed by atoms with E-state index in [-0.39, 0.29) is 11.9 Å². The highest BCUT2D eigenvalue weighted by Gasteiger charge is 2.24. The van der Waals surface area contributed by atoms with Gasteiger partial charge in [0.15, 0.2) is 0 Å². The van der Waals surface area contributed by atoms with Crippen molar-refractivity contribution in [2.45, 2.75) is 32.8 Å². The summed E-state index contributed by atoms with van der Waals surface area (Å²) >= 11 is 0. The first-order valence-electron chi connectivity index (χ1n) is 9.65. The first kappa shape index (κ1) is 19.7. The predicted molar refractivity (Wildman–Crippen MR) is 111 cm³/mol. The molecule has 0 spiro atoms. The molecule has 0 aromatic heterocycles. The Morgan fingerprint density at radius 1 is 0.893 bits per heavy atom. The second kappa shape index (κ2) is 9.75. The van der Waals surface area contributed by atoms with E-state index >= 15 is 0 Å². The number of ether oxygens (including phenoxy) is 2. The molecule has 0 saturated heterocycles. The van der Waals surface area contributed by atoms with Crippen molar-refractivity contribution in [3.8, 4) is 5.75 Å². The fourth-order valence-electron chi connectivity index (χ4n) is 3.28. The highest BCUT2D eigenvalue weighted by molar-refractivity contribution is 5.79. The van der Waals surface area contributed by atoms with Crippen molar-refractivity contribution in [3.63, 3.8) is 0 Å². The molecule has 0 heterocycles. The molecule has 3 aromatic carbocycles. The Morgan fingerprint density at radius 3 is 2.14 bits per heavy atom. The van der Waals surface area contributed by atoms with Crippen molar-refractivity contribution < 1.29 is 14.3 Å². The summed E-state index contributed by atoms with van der Waals surface area (Å²) in [4.78, 5) is 12.6. The highest BCUT2D eigenvalue weighted by Crippen LogP contribution is 2.28. The lowest BCUT2D eigenvalue weighted by Gasteiger charge is -2.19. The molecule has 0 saturated carbocycles. The van der Waals surface area contributed by atoms with E-state index in [1.54, 1.807) is 0 Å². The number of carbonyl (C=O) groups excluding carboxylic acids is 1. The molecule has 0 N–H and O–H groups in total. The van der Waals surface area contributed by atoms with Gasteiger partial charge in [-0.15, -0.1) is 0 Å². The van der Waals surface area contributed by atoms with Crippen molar-refractivity contribution in [2.24, 2.45) is 0 Å². The predicted octanol–water partition coefficient (Wildman–Crippen LogP) is 5.46. The zero-order valence-electron chi connectivity index (χ0n) is 16.4. The van der Waals surface area contributed by atoms with E-state index in [9.17, 15) is 4.79 Å². The summed E-state index contributed by atoms with van der Waals surface area (Å²) in [5.41, 5.74) is 4.25. The van der Waals surface area contributed by atoms with E-state index in [2.05, 4.69) is 0 Å². The number of hydrogen-bond acceptors (Lipinski definition) is 3. The zero-order valence-corrected chi connectivity index (χ0v) is 16.4. The van der Waals surface area contributed by atoms with Crippen LogP contribution in [0.3, 0.4) is 0 Å². The van der Waals surface area contributed by atoms with Gasteiger partial charge in [0, 0.05) is 0 Å². The van der Waals surface area contributed by atoms with Gasteiger partial charge in [-0.1, -0.05) is 66.7 Å². The first-order valence-corrected chi connectivity index (χ1v) is 9.65. The van der Waals surface area contributed by atoms with E-state index in [1.165, 1.54) is 0 Å². The third-order valence-corrected chi connectivity index (χ3v) is 4.72. The molecule has 0 amide bonds. The number of esters is 1. The van der Waals surface area contributed by atoms with Gasteiger partial charge in [0.05, 0.1) is 12.5 Å². The zero-order chi connectivity index (χ0) is 19.8. The minimum Gasteiger partial charge on any atom is -0.489 e. The maximum Gasteiger partial charge on any atom is 0.313 e. The van der Waals surface area contributed by atoms with Crippen LogP contribution in [0.1, 0.15) is 35.1 Å². The van der Waals surface area contributed by atoms with Gasteiger partial charge < -0.3 is 9.47 Å². The minimum atomic E-state index is -0.328. The Morgan fingerprint density at radius 2 is 1.54 bits per heavy atom. The molecule has 0 aliphatic heterocycles. The summed E-state index contributed by atoms with van der Waals surface area (Å²) in [6, 6.07) is 26.0. The van der Waals surface area contributed by atoms with Crippen LogP contribution in [0.25, 0.3) is 0 Å². The van der Waals surface area contributed by atoms with Gasteiger partial charge in [-0.2, -0.15) is 0 Å². The topological polar surface area (TPSA) is 35.5 Å². The molecule has 3 heteroatoms. The number of benzene rings is 3. The first-order chi connectivity index (χ1) is 13.7. The molecular weight excluding hydrogens is 348 g/mol. The summed E-state index contributed by atoms with van der Waals surface area (Å²) < 4.78 is 11.3. The van der Waals surface area contributed by atoms with Crippen LogP contribution in [-0.4, -0.2) is 12.6 Å². The molecular formula is C25H26O3. The molecule has 3 nitrogen and oxygen atoms in total. The van der Waals surface area contributed by atoms with E-state index in [1.807, 2.05) is 92.7 Å². The van der Waals surface area contributed by atoms with Crippen LogP contribution in [0.15, 0.2) is 78.9 Å². The van der Waals surface area contributed by atoms with Crippen molar-refractivity contribution in [1.29, 1.82) is 0 Å². The largest absolute Gasteiger partial charge is 0.489 e. The Balaban J connectivity index is 1.78. The molecule has 3 rings (SSSR count). The van der Waals surface area contributed by atoms with Crippen LogP contribution in [0.2, 0.25) is 0 Å². The molecule has 0 fully saturated rings. The number of aryl methyl sites for hydroxylation is 1. The second-order valence-electron chi connectivity index (χ2n) is 6.79. The summed E-state index contributed by atoms with van der Waals surface area (Å²) in [7, 11) is 0. The van der Waals surface area contributed by atoms with E-state index < -0.39 is 0 Å². The fraction of sp³-hybridized carbons (Fsp3) is 0.240. The van der Waals surface area contributed by atoms with Crippen molar-refractivity contribution in [2.75, 3.05) is 6.61 Å². The normalized spacial score (nSPS) is 11.6. The quantitative estimate of drug-likeness (QED) is 0.491. The Hall–Kier alpha value is -3.07. The average molecular weight is 374 g/mol. The molecule has 0 aliphatic rings. The molecule has 0 bridgehead atoms. The molecule has 28 heavy (non-hydrogen) atoms. The van der Waals surface area contributed by atoms with E-state index in [4.69, 9.17) is 9.47 Å². The minimum absolute atomic E-state index is 0.188. The van der Waals surface area contributed by atoms with Gasteiger partial charge in [0.2, 0.25) is 0 Å². The van der Waals surface area contributed by atoms with Crippen LogP contribution in [0.4, 0.5) is 0 Å². The van der Waals surface area contributed by atoms with E-state index in [0.29, 0.717) is 19.6 Å². The van der Waals surface area contributed by atoms with Gasteiger partial charge in [-0.3, -0.25) is 4.79 Å². The van der Waals surface area contributed by atoms with Crippen molar-refractivity contribution >= 4 is 5.97 Å². The molecule has 0 radical (unpaired) electrons.